The largest absolute Gasteiger partial charge is 0.469 e. The molecule has 21 heavy (non-hydrogen) atoms. The molecular formula is C13H20F3NO4. The number of hydrogen-bond donors (Lipinski definition) is 0. The molecule has 1 amide bonds. The third-order valence-corrected chi connectivity index (χ3v) is 3.19. The van der Waals surface area contributed by atoms with Crippen molar-refractivity contribution in [3.8, 4) is 0 Å². The molecule has 8 heteroatoms. The van der Waals surface area contributed by atoms with E-state index in [-0.39, 0.29) is 13.0 Å². The molecule has 5 nitrogen and oxygen atoms in total. The van der Waals surface area contributed by atoms with E-state index in [2.05, 4.69) is 4.74 Å². The third-order valence-electron chi connectivity index (χ3n) is 3.19. The van der Waals surface area contributed by atoms with Crippen LogP contribution in [0.15, 0.2) is 0 Å². The minimum absolute atomic E-state index is 0.0290. The fourth-order valence-corrected chi connectivity index (χ4v) is 2.21. The lowest BCUT2D eigenvalue weighted by atomic mass is 9.85. The molecule has 1 aliphatic rings. The van der Waals surface area contributed by atoms with E-state index in [0.29, 0.717) is 0 Å². The standard InChI is InChI=1S/C13H20F3NO4/c1-12(2,3)21-11(19)17-6-5-8(10(18)20-4)9(7-17)13(14,15)16/h8-9H,5-7H2,1-4H3. The van der Waals surface area contributed by atoms with Crippen LogP contribution in [0.5, 0.6) is 0 Å². The number of esters is 1. The van der Waals surface area contributed by atoms with Gasteiger partial charge in [-0.25, -0.2) is 4.79 Å². The molecule has 2 unspecified atom stereocenters. The molecule has 2 atom stereocenters. The maximum absolute atomic E-state index is 13.1. The molecular weight excluding hydrogens is 291 g/mol. The summed E-state index contributed by atoms with van der Waals surface area (Å²) in [5.41, 5.74) is -0.788. The highest BCUT2D eigenvalue weighted by Gasteiger charge is 2.51. The molecule has 0 aromatic rings. The Balaban J connectivity index is 2.84. The van der Waals surface area contributed by atoms with Crippen LogP contribution in [0.4, 0.5) is 18.0 Å². The van der Waals surface area contributed by atoms with Gasteiger partial charge in [0.15, 0.2) is 0 Å². The average Bonchev–Trinajstić information content (AvgIpc) is 2.34. The lowest BCUT2D eigenvalue weighted by molar-refractivity contribution is -0.207. The number of likely N-dealkylation sites (tertiary alicyclic amines) is 1. The van der Waals surface area contributed by atoms with Gasteiger partial charge in [0.05, 0.1) is 18.9 Å². The van der Waals surface area contributed by atoms with Crippen molar-refractivity contribution in [1.82, 2.24) is 4.90 Å². The van der Waals surface area contributed by atoms with Crippen LogP contribution >= 0.6 is 0 Å². The average molecular weight is 311 g/mol. The summed E-state index contributed by atoms with van der Waals surface area (Å²) in [5.74, 6) is -4.12. The molecule has 122 valence electrons. The van der Waals surface area contributed by atoms with E-state index < -0.39 is 42.2 Å². The summed E-state index contributed by atoms with van der Waals surface area (Å²) >= 11 is 0. The van der Waals surface area contributed by atoms with Gasteiger partial charge in [-0.2, -0.15) is 13.2 Å². The summed E-state index contributed by atoms with van der Waals surface area (Å²) in [6.07, 6.45) is -5.49. The van der Waals surface area contributed by atoms with Crippen molar-refractivity contribution in [1.29, 1.82) is 0 Å². The maximum atomic E-state index is 13.1. The SMILES string of the molecule is COC(=O)C1CCN(C(=O)OC(C)(C)C)CC1C(F)(F)F. The number of methoxy groups -OCH3 is 1. The second kappa shape index (κ2) is 6.11. The molecule has 1 heterocycles. The van der Waals surface area contributed by atoms with Crippen molar-refractivity contribution in [2.24, 2.45) is 11.8 Å². The van der Waals surface area contributed by atoms with E-state index >= 15 is 0 Å². The van der Waals surface area contributed by atoms with Gasteiger partial charge in [-0.3, -0.25) is 4.79 Å². The van der Waals surface area contributed by atoms with Crippen LogP contribution in [-0.4, -0.2) is 48.9 Å². The number of amides is 1. The quantitative estimate of drug-likeness (QED) is 0.699. The molecule has 0 aromatic heterocycles. The van der Waals surface area contributed by atoms with E-state index in [9.17, 15) is 22.8 Å². The van der Waals surface area contributed by atoms with Crippen molar-refractivity contribution in [2.45, 2.75) is 39.0 Å². The van der Waals surface area contributed by atoms with Gasteiger partial charge in [0.25, 0.3) is 0 Å². The number of rotatable bonds is 1. The van der Waals surface area contributed by atoms with Gasteiger partial charge in [-0.05, 0) is 27.2 Å². The molecule has 0 N–H and O–H groups in total. The van der Waals surface area contributed by atoms with E-state index in [0.717, 1.165) is 12.0 Å². The zero-order valence-electron chi connectivity index (χ0n) is 12.5. The fraction of sp³-hybridized carbons (Fsp3) is 0.846. The summed E-state index contributed by atoms with van der Waals surface area (Å²) in [5, 5.41) is 0. The first-order valence-corrected chi connectivity index (χ1v) is 6.58. The Morgan fingerprint density at radius 3 is 2.19 bits per heavy atom. The number of nitrogens with zero attached hydrogens (tertiary/aromatic N) is 1. The lowest BCUT2D eigenvalue weighted by Crippen LogP contribution is -2.52. The molecule has 0 bridgehead atoms. The Bertz CT molecular complexity index is 403. The molecule has 1 fully saturated rings. The minimum atomic E-state index is -4.58. The second-order valence-electron chi connectivity index (χ2n) is 5.99. The Hall–Kier alpha value is -1.47. The van der Waals surface area contributed by atoms with E-state index in [1.54, 1.807) is 20.8 Å². The highest BCUT2D eigenvalue weighted by atomic mass is 19.4. The van der Waals surface area contributed by atoms with Crippen LogP contribution < -0.4 is 0 Å². The summed E-state index contributed by atoms with van der Waals surface area (Å²) < 4.78 is 48.7. The molecule has 0 spiro atoms. The lowest BCUT2D eigenvalue weighted by Gasteiger charge is -2.38. The number of ether oxygens (including phenoxy) is 2. The van der Waals surface area contributed by atoms with Gasteiger partial charge in [-0.15, -0.1) is 0 Å². The van der Waals surface area contributed by atoms with Crippen molar-refractivity contribution in [3.05, 3.63) is 0 Å². The highest BCUT2D eigenvalue weighted by Crippen LogP contribution is 2.38. The normalized spacial score (nSPS) is 23.7. The van der Waals surface area contributed by atoms with Crippen LogP contribution in [0.2, 0.25) is 0 Å². The Kier molecular flexibility index (Phi) is 5.11. The Morgan fingerprint density at radius 2 is 1.76 bits per heavy atom. The monoisotopic (exact) mass is 311 g/mol. The Labute approximate surface area is 121 Å². The van der Waals surface area contributed by atoms with Crippen molar-refractivity contribution < 1.29 is 32.2 Å². The second-order valence-corrected chi connectivity index (χ2v) is 5.99. The zero-order chi connectivity index (χ0) is 16.4. The summed E-state index contributed by atoms with van der Waals surface area (Å²) in [6.45, 7) is 4.33. The first-order valence-electron chi connectivity index (χ1n) is 6.58. The van der Waals surface area contributed by atoms with Crippen molar-refractivity contribution >= 4 is 12.1 Å². The summed E-state index contributed by atoms with van der Waals surface area (Å²) in [4.78, 5) is 24.3. The van der Waals surface area contributed by atoms with Gasteiger partial charge in [0.2, 0.25) is 0 Å². The minimum Gasteiger partial charge on any atom is -0.469 e. The number of hydrogen-bond acceptors (Lipinski definition) is 4. The molecule has 0 radical (unpaired) electrons. The van der Waals surface area contributed by atoms with Gasteiger partial charge in [0, 0.05) is 13.1 Å². The zero-order valence-corrected chi connectivity index (χ0v) is 12.5. The van der Waals surface area contributed by atoms with Crippen molar-refractivity contribution in [3.63, 3.8) is 0 Å². The summed E-state index contributed by atoms with van der Waals surface area (Å²) in [7, 11) is 1.05. The van der Waals surface area contributed by atoms with Crippen LogP contribution in [-0.2, 0) is 14.3 Å². The first-order chi connectivity index (χ1) is 9.45. The molecule has 0 aliphatic carbocycles. The summed E-state index contributed by atoms with van der Waals surface area (Å²) in [6, 6.07) is 0. The number of piperidine rings is 1. The van der Waals surface area contributed by atoms with Crippen LogP contribution in [0.25, 0.3) is 0 Å². The third kappa shape index (κ3) is 4.78. The molecule has 0 saturated carbocycles. The predicted octanol–water partition coefficient (Wildman–Crippen LogP) is 2.59. The van der Waals surface area contributed by atoms with Crippen LogP contribution in [0.1, 0.15) is 27.2 Å². The molecule has 1 saturated heterocycles. The first kappa shape index (κ1) is 17.6. The van der Waals surface area contributed by atoms with Crippen LogP contribution in [0, 0.1) is 11.8 Å². The predicted molar refractivity (Wildman–Crippen MR) is 67.5 cm³/mol. The van der Waals surface area contributed by atoms with Crippen molar-refractivity contribution in [2.75, 3.05) is 20.2 Å². The van der Waals surface area contributed by atoms with Gasteiger partial charge < -0.3 is 14.4 Å². The smallest absolute Gasteiger partial charge is 0.410 e. The van der Waals surface area contributed by atoms with Gasteiger partial charge in [0.1, 0.15) is 5.60 Å². The Morgan fingerprint density at radius 1 is 1.19 bits per heavy atom. The van der Waals surface area contributed by atoms with E-state index in [4.69, 9.17) is 4.74 Å². The van der Waals surface area contributed by atoms with E-state index in [1.165, 1.54) is 0 Å². The number of carbonyl (C=O) groups is 2. The fourth-order valence-electron chi connectivity index (χ4n) is 2.21. The molecule has 1 rings (SSSR count). The highest BCUT2D eigenvalue weighted by molar-refractivity contribution is 5.74. The van der Waals surface area contributed by atoms with Gasteiger partial charge in [-0.1, -0.05) is 0 Å². The molecule has 0 aromatic carbocycles. The topological polar surface area (TPSA) is 55.8 Å². The molecule has 1 aliphatic heterocycles. The number of halogens is 3. The van der Waals surface area contributed by atoms with E-state index in [1.807, 2.05) is 0 Å². The van der Waals surface area contributed by atoms with Gasteiger partial charge >= 0.3 is 18.2 Å². The van der Waals surface area contributed by atoms with Crippen LogP contribution in [0.3, 0.4) is 0 Å². The maximum Gasteiger partial charge on any atom is 0.410 e. The number of carbonyl (C=O) groups excluding carboxylic acids is 2. The number of alkyl halides is 3.